The number of ether oxygens (including phenoxy) is 2. The number of hydrogen-bond acceptors (Lipinski definition) is 4. The third-order valence-corrected chi connectivity index (χ3v) is 4.48. The summed E-state index contributed by atoms with van der Waals surface area (Å²) in [7, 11) is 3.92. The van der Waals surface area contributed by atoms with Crippen LogP contribution in [0, 0.1) is 5.82 Å². The second kappa shape index (κ2) is 8.19. The molecule has 5 nitrogen and oxygen atoms in total. The van der Waals surface area contributed by atoms with Crippen LogP contribution in [0.15, 0.2) is 42.5 Å². The fraction of sp³-hybridized carbons (Fsp3) is 0.350. The van der Waals surface area contributed by atoms with E-state index in [2.05, 4.69) is 5.32 Å². The molecule has 138 valence electrons. The van der Waals surface area contributed by atoms with Gasteiger partial charge < -0.3 is 19.7 Å². The van der Waals surface area contributed by atoms with Crippen LogP contribution in [0.1, 0.15) is 23.6 Å². The molecule has 1 unspecified atom stereocenters. The van der Waals surface area contributed by atoms with Gasteiger partial charge in [0.25, 0.3) is 0 Å². The average molecular weight is 358 g/mol. The van der Waals surface area contributed by atoms with E-state index in [9.17, 15) is 9.18 Å². The summed E-state index contributed by atoms with van der Waals surface area (Å²) in [5.41, 5.74) is 1.59. The molecule has 0 aliphatic carbocycles. The first-order chi connectivity index (χ1) is 12.5. The van der Waals surface area contributed by atoms with Crippen LogP contribution in [0.4, 0.5) is 4.39 Å². The number of amides is 1. The van der Waals surface area contributed by atoms with Gasteiger partial charge in [-0.15, -0.1) is 0 Å². The van der Waals surface area contributed by atoms with Crippen LogP contribution in [0.3, 0.4) is 0 Å². The summed E-state index contributed by atoms with van der Waals surface area (Å²) in [6.07, 6.45) is 0.636. The van der Waals surface area contributed by atoms with Gasteiger partial charge in [0, 0.05) is 13.0 Å². The summed E-state index contributed by atoms with van der Waals surface area (Å²) in [5.74, 6) is 1.09. The molecular formula is C20H23FN2O3. The van der Waals surface area contributed by atoms with Crippen LogP contribution >= 0.6 is 0 Å². The van der Waals surface area contributed by atoms with Crippen LogP contribution in [-0.2, 0) is 11.2 Å². The van der Waals surface area contributed by atoms with Gasteiger partial charge in [-0.2, -0.15) is 0 Å². The minimum atomic E-state index is -0.271. The summed E-state index contributed by atoms with van der Waals surface area (Å²) >= 11 is 0. The quantitative estimate of drug-likeness (QED) is 0.827. The van der Waals surface area contributed by atoms with Gasteiger partial charge in [-0.25, -0.2) is 4.39 Å². The lowest BCUT2D eigenvalue weighted by molar-refractivity contribution is -0.121. The van der Waals surface area contributed by atoms with Gasteiger partial charge in [-0.3, -0.25) is 4.79 Å². The number of halogens is 1. The Kier molecular flexibility index (Phi) is 5.73. The second-order valence-corrected chi connectivity index (χ2v) is 6.49. The Hall–Kier alpha value is -2.60. The topological polar surface area (TPSA) is 50.8 Å². The van der Waals surface area contributed by atoms with Crippen LogP contribution in [0.5, 0.6) is 11.5 Å². The molecule has 3 rings (SSSR count). The van der Waals surface area contributed by atoms with E-state index >= 15 is 0 Å². The third-order valence-electron chi connectivity index (χ3n) is 4.48. The number of fused-ring (bicyclic) bond motifs is 1. The van der Waals surface area contributed by atoms with E-state index in [1.807, 2.05) is 37.2 Å². The third kappa shape index (κ3) is 4.32. The molecular weight excluding hydrogens is 335 g/mol. The predicted molar refractivity (Wildman–Crippen MR) is 96.7 cm³/mol. The molecule has 0 saturated heterocycles. The zero-order valence-electron chi connectivity index (χ0n) is 15.0. The molecule has 0 aromatic heterocycles. The maximum Gasteiger partial charge on any atom is 0.231 e. The van der Waals surface area contributed by atoms with Gasteiger partial charge in [0.05, 0.1) is 6.04 Å². The number of carbonyl (C=O) groups is 1. The lowest BCUT2D eigenvalue weighted by Gasteiger charge is -2.25. The van der Waals surface area contributed by atoms with Gasteiger partial charge >= 0.3 is 0 Å². The number of likely N-dealkylation sites (N-methyl/N-ethyl adjacent to an activating group) is 1. The first-order valence-corrected chi connectivity index (χ1v) is 8.60. The Bertz CT molecular complexity index is 779. The molecule has 0 saturated carbocycles. The maximum atomic E-state index is 13.6. The van der Waals surface area contributed by atoms with Crippen LogP contribution in [-0.4, -0.2) is 38.2 Å². The fourth-order valence-electron chi connectivity index (χ4n) is 2.97. The van der Waals surface area contributed by atoms with Crippen molar-refractivity contribution < 1.29 is 18.7 Å². The Morgan fingerprint density at radius 1 is 1.19 bits per heavy atom. The monoisotopic (exact) mass is 358 g/mol. The highest BCUT2D eigenvalue weighted by atomic mass is 19.1. The van der Waals surface area contributed by atoms with Gasteiger partial charge in [-0.1, -0.05) is 24.3 Å². The van der Waals surface area contributed by atoms with Gasteiger partial charge in [-0.05, 0) is 49.8 Å². The van der Waals surface area contributed by atoms with Crippen molar-refractivity contribution in [3.05, 3.63) is 59.4 Å². The summed E-state index contributed by atoms with van der Waals surface area (Å²) in [6.45, 7) is 0.695. The van der Waals surface area contributed by atoms with E-state index < -0.39 is 0 Å². The van der Waals surface area contributed by atoms with E-state index in [0.717, 1.165) is 17.1 Å². The van der Waals surface area contributed by atoms with Crippen LogP contribution in [0.2, 0.25) is 0 Å². The smallest absolute Gasteiger partial charge is 0.231 e. The largest absolute Gasteiger partial charge is 0.454 e. The van der Waals surface area contributed by atoms with Crippen molar-refractivity contribution >= 4 is 5.91 Å². The molecule has 2 aromatic rings. The zero-order chi connectivity index (χ0) is 18.5. The van der Waals surface area contributed by atoms with Crippen molar-refractivity contribution in [2.24, 2.45) is 0 Å². The number of rotatable bonds is 7. The van der Waals surface area contributed by atoms with Gasteiger partial charge in [0.2, 0.25) is 12.7 Å². The molecule has 0 spiro atoms. The molecule has 0 fully saturated rings. The Labute approximate surface area is 152 Å². The van der Waals surface area contributed by atoms with Gasteiger partial charge in [0.1, 0.15) is 5.82 Å². The molecule has 1 atom stereocenters. The van der Waals surface area contributed by atoms with E-state index in [-0.39, 0.29) is 31.0 Å². The molecule has 6 heteroatoms. The first kappa shape index (κ1) is 18.2. The average Bonchev–Trinajstić information content (AvgIpc) is 3.09. The summed E-state index contributed by atoms with van der Waals surface area (Å²) in [5, 5.41) is 2.94. The van der Waals surface area contributed by atoms with Crippen LogP contribution < -0.4 is 14.8 Å². The summed E-state index contributed by atoms with van der Waals surface area (Å²) in [4.78, 5) is 14.2. The van der Waals surface area contributed by atoms with Crippen molar-refractivity contribution in [3.63, 3.8) is 0 Å². The van der Waals surface area contributed by atoms with Crippen molar-refractivity contribution in [1.29, 1.82) is 0 Å². The second-order valence-electron chi connectivity index (χ2n) is 6.49. The standard InChI is InChI=1S/C20H23FN2O3/c1-23(2)17(15-7-9-18-19(11-15)26-13-25-18)12-22-20(24)10-8-14-5-3-4-6-16(14)21/h3-7,9,11,17H,8,10,12-13H2,1-2H3,(H,22,24). The van der Waals surface area contributed by atoms with Crippen molar-refractivity contribution in [2.45, 2.75) is 18.9 Å². The number of nitrogens with one attached hydrogen (secondary N) is 1. The normalized spacial score (nSPS) is 13.7. The van der Waals surface area contributed by atoms with Gasteiger partial charge in [0.15, 0.2) is 11.5 Å². The summed E-state index contributed by atoms with van der Waals surface area (Å²) in [6, 6.07) is 12.3. The first-order valence-electron chi connectivity index (χ1n) is 8.60. The molecule has 2 aromatic carbocycles. The van der Waals surface area contributed by atoms with E-state index in [4.69, 9.17) is 9.47 Å². The molecule has 1 heterocycles. The number of benzene rings is 2. The molecule has 1 aliphatic rings. The highest BCUT2D eigenvalue weighted by molar-refractivity contribution is 5.76. The van der Waals surface area contributed by atoms with Crippen molar-refractivity contribution in [2.75, 3.05) is 27.4 Å². The van der Waals surface area contributed by atoms with Crippen molar-refractivity contribution in [3.8, 4) is 11.5 Å². The molecule has 0 bridgehead atoms. The molecule has 0 radical (unpaired) electrons. The minimum Gasteiger partial charge on any atom is -0.454 e. The fourth-order valence-corrected chi connectivity index (χ4v) is 2.97. The highest BCUT2D eigenvalue weighted by Gasteiger charge is 2.20. The Morgan fingerprint density at radius 3 is 2.73 bits per heavy atom. The molecule has 1 N–H and O–H groups in total. The molecule has 1 aliphatic heterocycles. The SMILES string of the molecule is CN(C)C(CNC(=O)CCc1ccccc1F)c1ccc2c(c1)OCO2. The number of hydrogen-bond donors (Lipinski definition) is 1. The number of carbonyl (C=O) groups excluding carboxylic acids is 1. The maximum absolute atomic E-state index is 13.6. The zero-order valence-corrected chi connectivity index (χ0v) is 15.0. The lowest BCUT2D eigenvalue weighted by atomic mass is 10.0. The summed E-state index contributed by atoms with van der Waals surface area (Å²) < 4.78 is 24.4. The number of aryl methyl sites for hydroxylation is 1. The van der Waals surface area contributed by atoms with E-state index in [1.54, 1.807) is 18.2 Å². The minimum absolute atomic E-state index is 0.00177. The Balaban J connectivity index is 1.57. The Morgan fingerprint density at radius 2 is 1.96 bits per heavy atom. The van der Waals surface area contributed by atoms with E-state index in [0.29, 0.717) is 18.5 Å². The predicted octanol–water partition coefficient (Wildman–Crippen LogP) is 2.91. The van der Waals surface area contributed by atoms with Crippen LogP contribution in [0.25, 0.3) is 0 Å². The molecule has 26 heavy (non-hydrogen) atoms. The number of nitrogens with zero attached hydrogens (tertiary/aromatic N) is 1. The molecule has 1 amide bonds. The van der Waals surface area contributed by atoms with Crippen molar-refractivity contribution in [1.82, 2.24) is 10.2 Å². The highest BCUT2D eigenvalue weighted by Crippen LogP contribution is 2.34. The van der Waals surface area contributed by atoms with E-state index in [1.165, 1.54) is 6.07 Å². The lowest BCUT2D eigenvalue weighted by Crippen LogP contribution is -2.34.